The van der Waals surface area contributed by atoms with Gasteiger partial charge in [-0.25, -0.2) is 4.98 Å². The van der Waals surface area contributed by atoms with Crippen molar-refractivity contribution in [2.24, 2.45) is 11.7 Å². The zero-order valence-electron chi connectivity index (χ0n) is 20.2. The number of rotatable bonds is 9. The predicted molar refractivity (Wildman–Crippen MR) is 138 cm³/mol. The van der Waals surface area contributed by atoms with Crippen LogP contribution < -0.4 is 11.1 Å². The summed E-state index contributed by atoms with van der Waals surface area (Å²) < 4.78 is 1.90. The largest absolute Gasteiger partial charge is 0.350 e. The maximum Gasteiger partial charge on any atom is 0.268 e. The van der Waals surface area contributed by atoms with Gasteiger partial charge < -0.3 is 11.1 Å². The molecule has 3 aromatic rings. The minimum Gasteiger partial charge on any atom is -0.350 e. The van der Waals surface area contributed by atoms with E-state index in [0.29, 0.717) is 24.0 Å². The molecule has 0 aliphatic carbocycles. The van der Waals surface area contributed by atoms with Gasteiger partial charge in [-0.1, -0.05) is 44.2 Å². The first kappa shape index (κ1) is 24.7. The van der Waals surface area contributed by atoms with Gasteiger partial charge in [-0.15, -0.1) is 11.6 Å². The van der Waals surface area contributed by atoms with E-state index >= 15 is 0 Å². The van der Waals surface area contributed by atoms with Gasteiger partial charge in [0, 0.05) is 43.7 Å². The minimum absolute atomic E-state index is 0.0827. The SMILES string of the molecule is CC(C)CC(CNC(=O)c1cccc2nc(CN3CCC[C@@H](N)C3)cn12)c1ccc(CCl)cc1. The van der Waals surface area contributed by atoms with Crippen molar-refractivity contribution in [2.45, 2.75) is 57.5 Å². The number of amides is 1. The Hall–Kier alpha value is -2.41. The predicted octanol–water partition coefficient (Wildman–Crippen LogP) is 4.56. The Morgan fingerprint density at radius 2 is 2.03 bits per heavy atom. The molecule has 1 fully saturated rings. The van der Waals surface area contributed by atoms with Gasteiger partial charge in [-0.3, -0.25) is 14.1 Å². The molecule has 4 rings (SSSR count). The molecule has 1 aliphatic heterocycles. The molecule has 1 aromatic carbocycles. The van der Waals surface area contributed by atoms with Gasteiger partial charge >= 0.3 is 0 Å². The fraction of sp³-hybridized carbons (Fsp3) is 0.481. The second-order valence-corrected chi connectivity index (χ2v) is 10.2. The van der Waals surface area contributed by atoms with Crippen LogP contribution in [0.4, 0.5) is 0 Å². The molecule has 7 heteroatoms. The second kappa shape index (κ2) is 11.3. The average Bonchev–Trinajstić information content (AvgIpc) is 3.24. The molecule has 2 aromatic heterocycles. The molecule has 0 radical (unpaired) electrons. The van der Waals surface area contributed by atoms with Crippen molar-refractivity contribution in [3.05, 3.63) is 71.2 Å². The van der Waals surface area contributed by atoms with E-state index < -0.39 is 0 Å². The van der Waals surface area contributed by atoms with Crippen LogP contribution in [-0.2, 0) is 12.4 Å². The first-order valence-electron chi connectivity index (χ1n) is 12.3. The fourth-order valence-electron chi connectivity index (χ4n) is 4.88. The molecular weight excluding hydrogens is 446 g/mol. The molecule has 0 bridgehead atoms. The highest BCUT2D eigenvalue weighted by atomic mass is 35.5. The Labute approximate surface area is 207 Å². The number of carbonyl (C=O) groups excluding carboxylic acids is 1. The zero-order valence-corrected chi connectivity index (χ0v) is 21.0. The highest BCUT2D eigenvalue weighted by molar-refractivity contribution is 6.17. The molecule has 0 spiro atoms. The van der Waals surface area contributed by atoms with Gasteiger partial charge in [0.15, 0.2) is 0 Å². The van der Waals surface area contributed by atoms with Crippen LogP contribution in [0.3, 0.4) is 0 Å². The molecule has 1 unspecified atom stereocenters. The topological polar surface area (TPSA) is 75.7 Å². The van der Waals surface area contributed by atoms with Crippen LogP contribution in [0.15, 0.2) is 48.7 Å². The molecule has 1 amide bonds. The number of carbonyl (C=O) groups is 1. The second-order valence-electron chi connectivity index (χ2n) is 9.92. The maximum absolute atomic E-state index is 13.2. The molecule has 6 nitrogen and oxygen atoms in total. The van der Waals surface area contributed by atoms with E-state index in [1.165, 1.54) is 5.56 Å². The van der Waals surface area contributed by atoms with E-state index in [-0.39, 0.29) is 17.9 Å². The number of likely N-dealkylation sites (tertiary alicyclic amines) is 1. The number of nitrogens with one attached hydrogen (secondary N) is 1. The Kier molecular flexibility index (Phi) is 8.24. The molecule has 34 heavy (non-hydrogen) atoms. The van der Waals surface area contributed by atoms with Crippen LogP contribution >= 0.6 is 11.6 Å². The standard InChI is InChI=1S/C27H36ClN5O/c1-19(2)13-22(21-10-8-20(14-28)9-11-21)15-30-27(34)25-6-3-7-26-31-24(18-33(25)26)17-32-12-4-5-23(29)16-32/h3,6-11,18-19,22-23H,4-5,12-17,29H2,1-2H3,(H,30,34)/t22?,23-/m1/s1. The number of aromatic nitrogens is 2. The van der Waals surface area contributed by atoms with Gasteiger partial charge in [0.05, 0.1) is 5.69 Å². The van der Waals surface area contributed by atoms with E-state index in [2.05, 4.69) is 48.3 Å². The van der Waals surface area contributed by atoms with Crippen LogP contribution in [0.25, 0.3) is 5.65 Å². The van der Waals surface area contributed by atoms with Crippen LogP contribution in [-0.4, -0.2) is 45.9 Å². The molecule has 2 atom stereocenters. The number of benzene rings is 1. The number of hydrogen-bond acceptors (Lipinski definition) is 4. The van der Waals surface area contributed by atoms with Gasteiger partial charge in [0.25, 0.3) is 5.91 Å². The summed E-state index contributed by atoms with van der Waals surface area (Å²) in [6.45, 7) is 7.70. The van der Waals surface area contributed by atoms with Crippen LogP contribution in [0.5, 0.6) is 0 Å². The number of nitrogens with zero attached hydrogens (tertiary/aromatic N) is 3. The average molecular weight is 482 g/mol. The molecule has 3 heterocycles. The number of fused-ring (bicyclic) bond motifs is 1. The quantitative estimate of drug-likeness (QED) is 0.439. The summed E-state index contributed by atoms with van der Waals surface area (Å²) >= 11 is 5.95. The number of halogens is 1. The lowest BCUT2D eigenvalue weighted by molar-refractivity contribution is 0.0943. The first-order valence-corrected chi connectivity index (χ1v) is 12.8. The minimum atomic E-state index is -0.0827. The number of nitrogens with two attached hydrogens (primary N) is 1. The summed E-state index contributed by atoms with van der Waals surface area (Å²) in [5, 5.41) is 3.18. The molecule has 182 valence electrons. The number of hydrogen-bond donors (Lipinski definition) is 2. The zero-order chi connectivity index (χ0) is 24.1. The van der Waals surface area contributed by atoms with Crippen molar-refractivity contribution in [3.8, 4) is 0 Å². The third-order valence-corrected chi connectivity index (χ3v) is 6.88. The Balaban J connectivity index is 1.47. The number of alkyl halides is 1. The summed E-state index contributed by atoms with van der Waals surface area (Å²) in [6.07, 6.45) is 5.19. The van der Waals surface area contributed by atoms with Crippen molar-refractivity contribution < 1.29 is 4.79 Å². The highest BCUT2D eigenvalue weighted by Crippen LogP contribution is 2.24. The monoisotopic (exact) mass is 481 g/mol. The van der Waals surface area contributed by atoms with Gasteiger partial charge in [-0.05, 0) is 55.0 Å². The molecule has 0 saturated carbocycles. The smallest absolute Gasteiger partial charge is 0.268 e. The van der Waals surface area contributed by atoms with Gasteiger partial charge in [-0.2, -0.15) is 0 Å². The summed E-state index contributed by atoms with van der Waals surface area (Å²) in [6, 6.07) is 14.3. The van der Waals surface area contributed by atoms with Gasteiger partial charge in [0.1, 0.15) is 11.3 Å². The number of imidazole rings is 1. The number of piperidine rings is 1. The lowest BCUT2D eigenvalue weighted by Crippen LogP contribution is -2.42. The summed E-state index contributed by atoms with van der Waals surface area (Å²) in [7, 11) is 0. The van der Waals surface area contributed by atoms with Crippen molar-refractivity contribution in [1.82, 2.24) is 19.6 Å². The van der Waals surface area contributed by atoms with Crippen molar-refractivity contribution in [2.75, 3.05) is 19.6 Å². The molecule has 1 aliphatic rings. The first-order chi connectivity index (χ1) is 16.4. The van der Waals surface area contributed by atoms with E-state index in [1.54, 1.807) is 0 Å². The van der Waals surface area contributed by atoms with Crippen molar-refractivity contribution in [1.29, 1.82) is 0 Å². The lowest BCUT2D eigenvalue weighted by Gasteiger charge is -2.29. The highest BCUT2D eigenvalue weighted by Gasteiger charge is 2.20. The van der Waals surface area contributed by atoms with E-state index in [1.807, 2.05) is 28.8 Å². The van der Waals surface area contributed by atoms with Crippen molar-refractivity contribution in [3.63, 3.8) is 0 Å². The number of pyridine rings is 1. The Morgan fingerprint density at radius 3 is 2.74 bits per heavy atom. The van der Waals surface area contributed by atoms with E-state index in [0.717, 1.165) is 55.8 Å². The van der Waals surface area contributed by atoms with Gasteiger partial charge in [0.2, 0.25) is 0 Å². The van der Waals surface area contributed by atoms with E-state index in [4.69, 9.17) is 22.3 Å². The van der Waals surface area contributed by atoms with Crippen LogP contribution in [0.2, 0.25) is 0 Å². The third-order valence-electron chi connectivity index (χ3n) is 6.57. The van der Waals surface area contributed by atoms with Crippen LogP contribution in [0.1, 0.15) is 66.3 Å². The Morgan fingerprint density at radius 1 is 1.24 bits per heavy atom. The van der Waals surface area contributed by atoms with E-state index in [9.17, 15) is 4.79 Å². The molecule has 1 saturated heterocycles. The molecule has 3 N–H and O–H groups in total. The normalized spacial score (nSPS) is 17.9. The van der Waals surface area contributed by atoms with Crippen LogP contribution in [0, 0.1) is 5.92 Å². The lowest BCUT2D eigenvalue weighted by atomic mass is 9.90. The fourth-order valence-corrected chi connectivity index (χ4v) is 5.06. The molecular formula is C27H36ClN5O. The summed E-state index contributed by atoms with van der Waals surface area (Å²) in [5.74, 6) is 1.19. The van der Waals surface area contributed by atoms with Crippen molar-refractivity contribution >= 4 is 23.2 Å². The summed E-state index contributed by atoms with van der Waals surface area (Å²) in [5.41, 5.74) is 10.8. The maximum atomic E-state index is 13.2. The summed E-state index contributed by atoms with van der Waals surface area (Å²) in [4.78, 5) is 20.3. The Bertz CT molecular complexity index is 1090. The third kappa shape index (κ3) is 6.17.